The third kappa shape index (κ3) is 2.77. The normalized spacial score (nSPS) is 28.9. The summed E-state index contributed by atoms with van der Waals surface area (Å²) in [5.74, 6) is 2.68. The molecule has 2 aromatic rings. The van der Waals surface area contributed by atoms with Gasteiger partial charge >= 0.3 is 0 Å². The number of halogens is 2. The second-order valence-corrected chi connectivity index (χ2v) is 8.85. The van der Waals surface area contributed by atoms with Crippen molar-refractivity contribution < 1.29 is 14.2 Å². The van der Waals surface area contributed by atoms with E-state index in [1.54, 1.807) is 0 Å². The van der Waals surface area contributed by atoms with Gasteiger partial charge in [0.05, 0.1) is 10.0 Å². The molecule has 6 heteroatoms. The lowest BCUT2D eigenvalue weighted by atomic mass is 9.74. The van der Waals surface area contributed by atoms with Crippen molar-refractivity contribution in [1.29, 1.82) is 0 Å². The van der Waals surface area contributed by atoms with E-state index in [1.807, 2.05) is 18.2 Å². The molecule has 0 saturated carbocycles. The van der Waals surface area contributed by atoms with Crippen LogP contribution in [0.2, 0.25) is 10.0 Å². The molecule has 1 saturated heterocycles. The number of rotatable bonds is 2. The predicted octanol–water partition coefficient (Wildman–Crippen LogP) is 5.69. The molecular formula is C22H23Cl2NO3. The van der Waals surface area contributed by atoms with Crippen LogP contribution in [0, 0.1) is 5.92 Å². The number of fused-ring (bicyclic) bond motifs is 2. The summed E-state index contributed by atoms with van der Waals surface area (Å²) in [6.07, 6.45) is 2.41. The van der Waals surface area contributed by atoms with Crippen molar-refractivity contribution in [3.05, 3.63) is 51.5 Å². The molecule has 0 spiro atoms. The van der Waals surface area contributed by atoms with E-state index in [9.17, 15) is 0 Å². The van der Waals surface area contributed by atoms with Crippen LogP contribution >= 0.6 is 23.2 Å². The number of benzene rings is 2. The van der Waals surface area contributed by atoms with Gasteiger partial charge in [0.15, 0.2) is 17.2 Å². The minimum Gasteiger partial charge on any atom is -0.472 e. The first kappa shape index (κ1) is 18.4. The Labute approximate surface area is 175 Å². The van der Waals surface area contributed by atoms with E-state index in [0.717, 1.165) is 41.5 Å². The molecular weight excluding hydrogens is 397 g/mol. The third-order valence-corrected chi connectivity index (χ3v) is 7.28. The average Bonchev–Trinajstić information content (AvgIpc) is 3.35. The SMILES string of the molecule is C[C@@H]1[C@H](c2ccc(Cl)c(Cl)c2)c2cc3c(cc2O[C@@]1(C)N1CCCC1)OCO3. The lowest BCUT2D eigenvalue weighted by Crippen LogP contribution is -2.57. The van der Waals surface area contributed by atoms with E-state index in [-0.39, 0.29) is 18.6 Å². The summed E-state index contributed by atoms with van der Waals surface area (Å²) in [7, 11) is 0. The fourth-order valence-electron chi connectivity index (χ4n) is 4.85. The Morgan fingerprint density at radius 2 is 1.68 bits per heavy atom. The summed E-state index contributed by atoms with van der Waals surface area (Å²) in [6, 6.07) is 9.96. The predicted molar refractivity (Wildman–Crippen MR) is 110 cm³/mol. The largest absolute Gasteiger partial charge is 0.472 e. The van der Waals surface area contributed by atoms with Gasteiger partial charge < -0.3 is 14.2 Å². The van der Waals surface area contributed by atoms with E-state index in [1.165, 1.54) is 12.8 Å². The summed E-state index contributed by atoms with van der Waals surface area (Å²) >= 11 is 12.6. The van der Waals surface area contributed by atoms with Crippen LogP contribution in [0.4, 0.5) is 0 Å². The van der Waals surface area contributed by atoms with Crippen molar-refractivity contribution in [2.75, 3.05) is 19.9 Å². The molecule has 0 radical (unpaired) electrons. The van der Waals surface area contributed by atoms with Crippen molar-refractivity contribution in [1.82, 2.24) is 4.90 Å². The molecule has 0 N–H and O–H groups in total. The van der Waals surface area contributed by atoms with Gasteiger partial charge in [-0.05, 0) is 43.5 Å². The number of nitrogens with zero attached hydrogens (tertiary/aromatic N) is 1. The Bertz CT molecular complexity index is 928. The quantitative estimate of drug-likeness (QED) is 0.624. The van der Waals surface area contributed by atoms with Crippen LogP contribution in [0.3, 0.4) is 0 Å². The zero-order chi connectivity index (χ0) is 19.5. The third-order valence-electron chi connectivity index (χ3n) is 6.54. The Balaban J connectivity index is 1.67. The molecule has 3 heterocycles. The highest BCUT2D eigenvalue weighted by Crippen LogP contribution is 2.53. The van der Waals surface area contributed by atoms with Gasteiger partial charge in [-0.1, -0.05) is 36.2 Å². The smallest absolute Gasteiger partial charge is 0.231 e. The minimum absolute atomic E-state index is 0.110. The average molecular weight is 420 g/mol. The van der Waals surface area contributed by atoms with Gasteiger partial charge in [-0.15, -0.1) is 0 Å². The molecule has 28 heavy (non-hydrogen) atoms. The fraction of sp³-hybridized carbons (Fsp3) is 0.455. The molecule has 0 aromatic heterocycles. The maximum atomic E-state index is 6.68. The van der Waals surface area contributed by atoms with Crippen molar-refractivity contribution in [2.45, 2.75) is 38.3 Å². The molecule has 1 fully saturated rings. The van der Waals surface area contributed by atoms with Crippen molar-refractivity contribution in [3.8, 4) is 17.2 Å². The lowest BCUT2D eigenvalue weighted by Gasteiger charge is -2.50. The van der Waals surface area contributed by atoms with Gasteiger partial charge in [-0.3, -0.25) is 4.90 Å². The van der Waals surface area contributed by atoms with E-state index in [2.05, 4.69) is 30.9 Å². The minimum atomic E-state index is -0.409. The van der Waals surface area contributed by atoms with Crippen LogP contribution in [0.5, 0.6) is 17.2 Å². The van der Waals surface area contributed by atoms with Crippen molar-refractivity contribution in [2.24, 2.45) is 5.92 Å². The van der Waals surface area contributed by atoms with Crippen LogP contribution in [-0.2, 0) is 0 Å². The highest BCUT2D eigenvalue weighted by Gasteiger charge is 2.49. The second kappa shape index (κ2) is 6.72. The first-order valence-corrected chi connectivity index (χ1v) is 10.6. The summed E-state index contributed by atoms with van der Waals surface area (Å²) in [5, 5.41) is 1.14. The van der Waals surface area contributed by atoms with E-state index >= 15 is 0 Å². The van der Waals surface area contributed by atoms with E-state index in [4.69, 9.17) is 37.4 Å². The Kier molecular flexibility index (Phi) is 4.42. The van der Waals surface area contributed by atoms with Crippen LogP contribution in [0.25, 0.3) is 0 Å². The van der Waals surface area contributed by atoms with Gasteiger partial charge in [-0.25, -0.2) is 0 Å². The molecule has 2 aromatic carbocycles. The number of hydrogen-bond donors (Lipinski definition) is 0. The highest BCUT2D eigenvalue weighted by molar-refractivity contribution is 6.42. The van der Waals surface area contributed by atoms with Gasteiger partial charge in [0, 0.05) is 36.6 Å². The first-order valence-electron chi connectivity index (χ1n) is 9.80. The van der Waals surface area contributed by atoms with Crippen molar-refractivity contribution in [3.63, 3.8) is 0 Å². The molecule has 148 valence electrons. The number of ether oxygens (including phenoxy) is 3. The molecule has 4 nitrogen and oxygen atoms in total. The van der Waals surface area contributed by atoms with Crippen LogP contribution < -0.4 is 14.2 Å². The number of hydrogen-bond acceptors (Lipinski definition) is 4. The number of likely N-dealkylation sites (tertiary alicyclic amines) is 1. The summed E-state index contributed by atoms with van der Waals surface area (Å²) in [6.45, 7) is 6.82. The summed E-state index contributed by atoms with van der Waals surface area (Å²) in [4.78, 5) is 2.47. The van der Waals surface area contributed by atoms with Crippen LogP contribution in [0.15, 0.2) is 30.3 Å². The Morgan fingerprint density at radius 3 is 2.39 bits per heavy atom. The van der Waals surface area contributed by atoms with Gasteiger partial charge in [0.1, 0.15) is 5.75 Å². The standard InChI is InChI=1S/C22H23Cl2NO3/c1-13-21(14-5-6-16(23)17(24)9-14)15-10-19-20(27-12-26-19)11-18(15)28-22(13,2)25-7-3-4-8-25/h5-6,9-11,13,21H,3-4,7-8,12H2,1-2H3/t13-,21-,22-/m1/s1. The zero-order valence-electron chi connectivity index (χ0n) is 16.0. The maximum absolute atomic E-state index is 6.68. The highest BCUT2D eigenvalue weighted by atomic mass is 35.5. The van der Waals surface area contributed by atoms with Gasteiger partial charge in [0.25, 0.3) is 0 Å². The van der Waals surface area contributed by atoms with Gasteiger partial charge in [0.2, 0.25) is 6.79 Å². The topological polar surface area (TPSA) is 30.9 Å². The van der Waals surface area contributed by atoms with Crippen molar-refractivity contribution >= 4 is 23.2 Å². The second-order valence-electron chi connectivity index (χ2n) is 8.03. The Morgan fingerprint density at radius 1 is 0.964 bits per heavy atom. The Hall–Kier alpha value is -1.62. The summed E-state index contributed by atoms with van der Waals surface area (Å²) < 4.78 is 17.9. The molecule has 0 aliphatic carbocycles. The van der Waals surface area contributed by atoms with Crippen LogP contribution in [0.1, 0.15) is 43.7 Å². The molecule has 0 bridgehead atoms. The molecule has 0 amide bonds. The fourth-order valence-corrected chi connectivity index (χ4v) is 5.16. The van der Waals surface area contributed by atoms with E-state index in [0.29, 0.717) is 10.0 Å². The van der Waals surface area contributed by atoms with Gasteiger partial charge in [-0.2, -0.15) is 0 Å². The molecule has 5 rings (SSSR count). The molecule has 3 aliphatic heterocycles. The maximum Gasteiger partial charge on any atom is 0.231 e. The molecule has 0 unspecified atom stereocenters. The monoisotopic (exact) mass is 419 g/mol. The summed E-state index contributed by atoms with van der Waals surface area (Å²) in [5.41, 5.74) is 1.83. The zero-order valence-corrected chi connectivity index (χ0v) is 17.5. The molecule has 3 atom stereocenters. The molecule has 3 aliphatic rings. The first-order chi connectivity index (χ1) is 13.5. The lowest BCUT2D eigenvalue weighted by molar-refractivity contribution is -0.114. The van der Waals surface area contributed by atoms with Crippen LogP contribution in [-0.4, -0.2) is 30.5 Å². The van der Waals surface area contributed by atoms with E-state index < -0.39 is 5.72 Å².